The van der Waals surface area contributed by atoms with Gasteiger partial charge in [-0.25, -0.2) is 9.78 Å². The first-order valence-electron chi connectivity index (χ1n) is 15.0. The van der Waals surface area contributed by atoms with Crippen LogP contribution in [0, 0.1) is 0 Å². The van der Waals surface area contributed by atoms with E-state index in [0.717, 1.165) is 11.3 Å². The zero-order valence-corrected chi connectivity index (χ0v) is 28.7. The van der Waals surface area contributed by atoms with Crippen molar-refractivity contribution in [1.29, 1.82) is 0 Å². The minimum absolute atomic E-state index is 0.00569. The Bertz CT molecular complexity index is 1350. The smallest absolute Gasteiger partial charge is 0.328 e. The number of carbonyl (C=O) groups excluding carboxylic acids is 1. The summed E-state index contributed by atoms with van der Waals surface area (Å²) in [6, 6.07) is 2.36. The average molecular weight is 746 g/mol. The standard InChI is InChI=1S/C15H23N5O4.C6H9N3O2.2C3H7NO2.C2H5NO2/c16-11(2-1-7-20-15(18)19)14(23)24-10-5-3-9(4-6-10)8-12(17)13(21)22;7-5(6(10)11)1-4-2-8-3-9-4;2*1-2(4)3(5)6;3-1-2(4)5/h3-6,11-12H,1-2,7-8,16-17H2,(H,21,22)(H4,18,19,20);2-3,5H,1,7H2,(H,8,9)(H,10,11);2*2H,4H2,1H3,(H,5,6);1,3H2,(H,4,5)/t11-,12-;5-;2*2-;/m0000./s1. The van der Waals surface area contributed by atoms with Crippen molar-refractivity contribution in [2.45, 2.75) is 69.7 Å². The number of nitrogens with one attached hydrogen (secondary N) is 1. The first kappa shape index (κ1) is 50.7. The van der Waals surface area contributed by atoms with Crippen LogP contribution in [0.2, 0.25) is 0 Å². The molecule has 2 rings (SSSR count). The van der Waals surface area contributed by atoms with Gasteiger partial charge < -0.3 is 81.1 Å². The molecular weight excluding hydrogens is 694 g/mol. The monoisotopic (exact) mass is 745 g/mol. The lowest BCUT2D eigenvalue weighted by Gasteiger charge is -2.11. The van der Waals surface area contributed by atoms with E-state index in [9.17, 15) is 28.8 Å². The number of guanidine groups is 1. The molecule has 0 bridgehead atoms. The Kier molecular flexibility index (Phi) is 28.3. The summed E-state index contributed by atoms with van der Waals surface area (Å²) in [6.07, 6.45) is 4.47. The van der Waals surface area contributed by atoms with E-state index in [-0.39, 0.29) is 25.3 Å². The van der Waals surface area contributed by atoms with E-state index in [2.05, 4.69) is 20.7 Å². The maximum atomic E-state index is 11.9. The minimum atomic E-state index is -1.07. The van der Waals surface area contributed by atoms with Crippen molar-refractivity contribution in [2.75, 3.05) is 13.1 Å². The van der Waals surface area contributed by atoms with Crippen LogP contribution in [0.3, 0.4) is 0 Å². The topological polar surface area (TPSA) is 462 Å². The summed E-state index contributed by atoms with van der Waals surface area (Å²) < 4.78 is 5.17. The van der Waals surface area contributed by atoms with Gasteiger partial charge in [-0.1, -0.05) is 12.1 Å². The van der Waals surface area contributed by atoms with Crippen LogP contribution in [0.5, 0.6) is 5.75 Å². The number of nitrogens with two attached hydrogens (primary N) is 8. The van der Waals surface area contributed by atoms with Crippen LogP contribution < -0.4 is 50.6 Å². The molecule has 1 aromatic carbocycles. The molecule has 0 spiro atoms. The predicted molar refractivity (Wildman–Crippen MR) is 186 cm³/mol. The lowest BCUT2D eigenvalue weighted by Crippen LogP contribution is -2.34. The summed E-state index contributed by atoms with van der Waals surface area (Å²) in [5.74, 6) is -5.21. The van der Waals surface area contributed by atoms with Crippen molar-refractivity contribution in [3.8, 4) is 5.75 Å². The highest BCUT2D eigenvalue weighted by atomic mass is 16.5. The van der Waals surface area contributed by atoms with E-state index >= 15 is 0 Å². The third-order valence-electron chi connectivity index (χ3n) is 5.45. The summed E-state index contributed by atoms with van der Waals surface area (Å²) in [7, 11) is 0. The molecule has 0 fully saturated rings. The summed E-state index contributed by atoms with van der Waals surface area (Å²) in [5.41, 5.74) is 42.6. The number of rotatable bonds is 15. The number of H-pyrrole nitrogens is 1. The largest absolute Gasteiger partial charge is 0.480 e. The maximum absolute atomic E-state index is 11.9. The third-order valence-corrected chi connectivity index (χ3v) is 5.45. The molecule has 52 heavy (non-hydrogen) atoms. The van der Waals surface area contributed by atoms with Gasteiger partial charge in [0.25, 0.3) is 0 Å². The number of imidazole rings is 1. The van der Waals surface area contributed by atoms with Gasteiger partial charge >= 0.3 is 35.8 Å². The maximum Gasteiger partial charge on any atom is 0.328 e. The lowest BCUT2D eigenvalue weighted by atomic mass is 10.1. The van der Waals surface area contributed by atoms with Gasteiger partial charge in [-0.05, 0) is 50.8 Å². The summed E-state index contributed by atoms with van der Waals surface area (Å²) in [4.78, 5) is 71.5. The highest BCUT2D eigenvalue weighted by molar-refractivity contribution is 5.78. The van der Waals surface area contributed by atoms with E-state index in [1.165, 1.54) is 20.2 Å². The Morgan fingerprint density at radius 1 is 0.769 bits per heavy atom. The van der Waals surface area contributed by atoms with Gasteiger partial charge in [-0.3, -0.25) is 29.0 Å². The van der Waals surface area contributed by atoms with E-state index < -0.39 is 66.0 Å². The van der Waals surface area contributed by atoms with Gasteiger partial charge in [0, 0.05) is 24.9 Å². The van der Waals surface area contributed by atoms with Crippen molar-refractivity contribution in [3.63, 3.8) is 0 Å². The van der Waals surface area contributed by atoms with E-state index in [1.807, 2.05) is 0 Å². The van der Waals surface area contributed by atoms with Gasteiger partial charge in [-0.15, -0.1) is 0 Å². The minimum Gasteiger partial charge on any atom is -0.480 e. The summed E-state index contributed by atoms with van der Waals surface area (Å²) in [6.45, 7) is 2.95. The molecular formula is C29H51N11O12. The Morgan fingerprint density at radius 3 is 1.56 bits per heavy atom. The van der Waals surface area contributed by atoms with Crippen LogP contribution in [0.4, 0.5) is 0 Å². The molecule has 0 aliphatic carbocycles. The Hall–Kier alpha value is -5.72. The molecule has 0 amide bonds. The lowest BCUT2D eigenvalue weighted by molar-refractivity contribution is -0.139. The Labute approximate surface area is 298 Å². The molecule has 0 saturated carbocycles. The molecule has 0 unspecified atom stereocenters. The van der Waals surface area contributed by atoms with Gasteiger partial charge in [0.2, 0.25) is 0 Å². The zero-order valence-electron chi connectivity index (χ0n) is 28.7. The number of carboxylic acid groups (broad SMARTS) is 5. The van der Waals surface area contributed by atoms with Gasteiger partial charge in [0.05, 0.1) is 12.9 Å². The van der Waals surface area contributed by atoms with Crippen LogP contribution in [-0.4, -0.2) is 121 Å². The summed E-state index contributed by atoms with van der Waals surface area (Å²) >= 11 is 0. The quantitative estimate of drug-likeness (QED) is 0.0273. The van der Waals surface area contributed by atoms with Crippen LogP contribution in [-0.2, 0) is 41.6 Å². The van der Waals surface area contributed by atoms with E-state index in [1.54, 1.807) is 30.5 Å². The van der Waals surface area contributed by atoms with Crippen LogP contribution in [0.1, 0.15) is 37.9 Å². The zero-order chi connectivity index (χ0) is 41.0. The van der Waals surface area contributed by atoms with Crippen molar-refractivity contribution in [2.24, 2.45) is 50.9 Å². The first-order chi connectivity index (χ1) is 24.0. The van der Waals surface area contributed by atoms with Crippen molar-refractivity contribution < 1.29 is 59.0 Å². The predicted octanol–water partition coefficient (Wildman–Crippen LogP) is -3.84. The number of ether oxygens (including phenoxy) is 1. The number of aliphatic imine (C=N–C) groups is 1. The summed E-state index contributed by atoms with van der Waals surface area (Å²) in [5, 5.41) is 40.5. The van der Waals surface area contributed by atoms with Crippen molar-refractivity contribution in [3.05, 3.63) is 48.0 Å². The van der Waals surface area contributed by atoms with Crippen LogP contribution in [0.25, 0.3) is 0 Å². The number of hydrogen-bond acceptors (Lipinski definition) is 15. The number of carboxylic acids is 5. The number of esters is 1. The first-order valence-corrected chi connectivity index (χ1v) is 15.0. The fourth-order valence-electron chi connectivity index (χ4n) is 2.58. The number of nitrogens with zero attached hydrogens (tertiary/aromatic N) is 2. The van der Waals surface area contributed by atoms with Gasteiger partial charge in [-0.2, -0.15) is 0 Å². The molecule has 22 N–H and O–H groups in total. The van der Waals surface area contributed by atoms with E-state index in [0.29, 0.717) is 25.1 Å². The molecule has 1 heterocycles. The third kappa shape index (κ3) is 30.3. The molecule has 23 nitrogen and oxygen atoms in total. The number of aliphatic carboxylic acids is 5. The second kappa shape index (κ2) is 29.1. The molecule has 0 aliphatic heterocycles. The van der Waals surface area contributed by atoms with Crippen molar-refractivity contribution in [1.82, 2.24) is 9.97 Å². The van der Waals surface area contributed by atoms with Crippen molar-refractivity contribution >= 4 is 41.8 Å². The Morgan fingerprint density at radius 2 is 1.21 bits per heavy atom. The molecule has 5 atom stereocenters. The SMILES string of the molecule is C[C@H](N)C(=O)O.C[C@H](N)C(=O)O.NC(N)=NCCC[C@H](N)C(=O)Oc1ccc(C[C@H](N)C(=O)O)cc1.NCC(=O)O.N[C@@H](Cc1cnc[nH]1)C(=O)O. The van der Waals surface area contributed by atoms with Gasteiger partial charge in [0.1, 0.15) is 36.0 Å². The number of hydrogen-bond donors (Lipinski definition) is 14. The normalized spacial score (nSPS) is 12.5. The molecule has 0 saturated heterocycles. The molecule has 2 aromatic rings. The Balaban J connectivity index is -0.000000700. The average Bonchev–Trinajstić information content (AvgIpc) is 3.57. The van der Waals surface area contributed by atoms with Crippen LogP contribution >= 0.6 is 0 Å². The number of aromatic amines is 1. The second-order valence-corrected chi connectivity index (χ2v) is 10.3. The van der Waals surface area contributed by atoms with Crippen LogP contribution in [0.15, 0.2) is 41.8 Å². The number of benzene rings is 1. The van der Waals surface area contributed by atoms with Gasteiger partial charge in [0.15, 0.2) is 5.96 Å². The number of aromatic nitrogens is 2. The highest BCUT2D eigenvalue weighted by Crippen LogP contribution is 2.14. The molecule has 0 radical (unpaired) electrons. The van der Waals surface area contributed by atoms with E-state index in [4.69, 9.17) is 70.4 Å². The fourth-order valence-corrected chi connectivity index (χ4v) is 2.58. The number of carbonyl (C=O) groups is 6. The fraction of sp³-hybridized carbons (Fsp3) is 0.448. The second-order valence-electron chi connectivity index (χ2n) is 10.3. The molecule has 0 aliphatic rings. The highest BCUT2D eigenvalue weighted by Gasteiger charge is 2.16. The molecule has 23 heteroatoms. The molecule has 294 valence electrons. The molecule has 1 aromatic heterocycles.